The second-order valence-electron chi connectivity index (χ2n) is 6.35. The molecule has 0 saturated carbocycles. The third kappa shape index (κ3) is 5.72. The normalized spacial score (nSPS) is 14.7. The van der Waals surface area contributed by atoms with Gasteiger partial charge in [0.15, 0.2) is 0 Å². The van der Waals surface area contributed by atoms with E-state index in [1.807, 2.05) is 37.3 Å². The minimum absolute atomic E-state index is 0.236. The Labute approximate surface area is 164 Å². The van der Waals surface area contributed by atoms with Crippen LogP contribution in [-0.2, 0) is 11.3 Å². The molecule has 0 radical (unpaired) electrons. The first-order chi connectivity index (χ1) is 13.1. The van der Waals surface area contributed by atoms with Crippen LogP contribution in [0.15, 0.2) is 36.5 Å². The van der Waals surface area contributed by atoms with E-state index in [2.05, 4.69) is 20.6 Å². The van der Waals surface area contributed by atoms with E-state index in [0.29, 0.717) is 32.2 Å². The van der Waals surface area contributed by atoms with Crippen molar-refractivity contribution in [2.75, 3.05) is 30.3 Å². The molecule has 3 rings (SSSR count). The van der Waals surface area contributed by atoms with Gasteiger partial charge < -0.3 is 20.3 Å². The van der Waals surface area contributed by atoms with E-state index in [0.717, 1.165) is 29.2 Å². The van der Waals surface area contributed by atoms with Crippen LogP contribution in [0.2, 0.25) is 5.02 Å². The summed E-state index contributed by atoms with van der Waals surface area (Å²) in [5.41, 5.74) is 1.12. The van der Waals surface area contributed by atoms with Gasteiger partial charge in [-0.1, -0.05) is 23.7 Å². The molecule has 8 heteroatoms. The summed E-state index contributed by atoms with van der Waals surface area (Å²) < 4.78 is 5.05. The summed E-state index contributed by atoms with van der Waals surface area (Å²) in [6, 6.07) is 9.77. The largest absolute Gasteiger partial charge is 0.450 e. The van der Waals surface area contributed by atoms with Crippen molar-refractivity contribution in [3.05, 3.63) is 47.1 Å². The summed E-state index contributed by atoms with van der Waals surface area (Å²) in [5, 5.41) is 7.37. The molecule has 2 heterocycles. The number of likely N-dealkylation sites (tertiary alicyclic amines) is 1. The molecule has 1 saturated heterocycles. The summed E-state index contributed by atoms with van der Waals surface area (Å²) >= 11 is 5.91. The molecular formula is C19H24ClN5O2. The van der Waals surface area contributed by atoms with Crippen molar-refractivity contribution in [3.63, 3.8) is 0 Å². The fourth-order valence-corrected chi connectivity index (χ4v) is 3.05. The Morgan fingerprint density at radius 2 is 2.00 bits per heavy atom. The third-order valence-electron chi connectivity index (χ3n) is 4.40. The van der Waals surface area contributed by atoms with Crippen molar-refractivity contribution < 1.29 is 9.53 Å². The first-order valence-corrected chi connectivity index (χ1v) is 9.51. The van der Waals surface area contributed by atoms with Crippen LogP contribution in [0.4, 0.5) is 16.6 Å². The lowest BCUT2D eigenvalue weighted by Gasteiger charge is -2.31. The molecule has 0 unspecified atom stereocenters. The number of nitrogens with zero attached hydrogens (tertiary/aromatic N) is 3. The zero-order valence-corrected chi connectivity index (χ0v) is 16.1. The molecule has 2 N–H and O–H groups in total. The quantitative estimate of drug-likeness (QED) is 0.782. The predicted molar refractivity (Wildman–Crippen MR) is 106 cm³/mol. The highest BCUT2D eigenvalue weighted by Gasteiger charge is 2.23. The number of hydrogen-bond donors (Lipinski definition) is 2. The summed E-state index contributed by atoms with van der Waals surface area (Å²) in [7, 11) is 0. The van der Waals surface area contributed by atoms with E-state index in [1.165, 1.54) is 0 Å². The number of amides is 1. The van der Waals surface area contributed by atoms with E-state index >= 15 is 0 Å². The smallest absolute Gasteiger partial charge is 0.409 e. The monoisotopic (exact) mass is 389 g/mol. The lowest BCUT2D eigenvalue weighted by molar-refractivity contribution is 0.0983. The SMILES string of the molecule is CCOC(=O)N1CCC(Nc2nccc(NCc3ccc(Cl)cc3)n2)CC1. The molecule has 27 heavy (non-hydrogen) atoms. The summed E-state index contributed by atoms with van der Waals surface area (Å²) in [6.45, 7) is 4.22. The second-order valence-corrected chi connectivity index (χ2v) is 6.79. The summed E-state index contributed by atoms with van der Waals surface area (Å²) in [5.74, 6) is 1.34. The van der Waals surface area contributed by atoms with E-state index < -0.39 is 0 Å². The molecule has 2 aromatic rings. The first kappa shape index (κ1) is 19.2. The van der Waals surface area contributed by atoms with E-state index in [9.17, 15) is 4.79 Å². The molecule has 7 nitrogen and oxygen atoms in total. The van der Waals surface area contributed by atoms with Crippen molar-refractivity contribution in [1.82, 2.24) is 14.9 Å². The number of carbonyl (C=O) groups excluding carboxylic acids is 1. The zero-order chi connectivity index (χ0) is 19.1. The van der Waals surface area contributed by atoms with Gasteiger partial charge in [-0.2, -0.15) is 4.98 Å². The van der Waals surface area contributed by atoms with Gasteiger partial charge in [-0.25, -0.2) is 9.78 Å². The minimum Gasteiger partial charge on any atom is -0.450 e. The van der Waals surface area contributed by atoms with Gasteiger partial charge >= 0.3 is 6.09 Å². The van der Waals surface area contributed by atoms with Crippen LogP contribution >= 0.6 is 11.6 Å². The number of aromatic nitrogens is 2. The maximum Gasteiger partial charge on any atom is 0.409 e. The first-order valence-electron chi connectivity index (χ1n) is 9.13. The minimum atomic E-state index is -0.236. The van der Waals surface area contributed by atoms with Crippen LogP contribution in [0.5, 0.6) is 0 Å². The maximum absolute atomic E-state index is 11.8. The van der Waals surface area contributed by atoms with E-state index in [4.69, 9.17) is 16.3 Å². The third-order valence-corrected chi connectivity index (χ3v) is 4.65. The number of ether oxygens (including phenoxy) is 1. The highest BCUT2D eigenvalue weighted by Crippen LogP contribution is 2.16. The number of nitrogens with one attached hydrogen (secondary N) is 2. The highest BCUT2D eigenvalue weighted by atomic mass is 35.5. The molecule has 1 aliphatic rings. The lowest BCUT2D eigenvalue weighted by atomic mass is 10.1. The Hall–Kier alpha value is -2.54. The van der Waals surface area contributed by atoms with Crippen molar-refractivity contribution in [3.8, 4) is 0 Å². The van der Waals surface area contributed by atoms with Crippen LogP contribution in [-0.4, -0.2) is 46.7 Å². The molecule has 0 atom stereocenters. The van der Waals surface area contributed by atoms with Crippen LogP contribution in [0.3, 0.4) is 0 Å². The molecule has 1 fully saturated rings. The van der Waals surface area contributed by atoms with Gasteiger partial charge in [0, 0.05) is 36.9 Å². The number of benzene rings is 1. The number of rotatable bonds is 6. The topological polar surface area (TPSA) is 79.4 Å². The molecule has 1 aliphatic heterocycles. The Morgan fingerprint density at radius 1 is 1.26 bits per heavy atom. The van der Waals surface area contributed by atoms with Crippen LogP contribution in [0, 0.1) is 0 Å². The predicted octanol–water partition coefficient (Wildman–Crippen LogP) is 3.77. The van der Waals surface area contributed by atoms with Gasteiger partial charge in [0.1, 0.15) is 5.82 Å². The molecule has 144 valence electrons. The van der Waals surface area contributed by atoms with Gasteiger partial charge in [0.05, 0.1) is 6.61 Å². The van der Waals surface area contributed by atoms with E-state index in [-0.39, 0.29) is 12.1 Å². The standard InChI is InChI=1S/C19H24ClN5O2/c1-2-27-19(26)25-11-8-16(9-12-25)23-18-21-10-7-17(24-18)22-13-14-3-5-15(20)6-4-14/h3-7,10,16H,2,8-9,11-13H2,1H3,(H2,21,22,23,24). The number of anilines is 2. The van der Waals surface area contributed by atoms with E-state index in [1.54, 1.807) is 11.1 Å². The van der Waals surface area contributed by atoms with Crippen molar-refractivity contribution in [2.24, 2.45) is 0 Å². The van der Waals surface area contributed by atoms with Gasteiger partial charge in [0.2, 0.25) is 5.95 Å². The van der Waals surface area contributed by atoms with Gasteiger partial charge in [0.25, 0.3) is 0 Å². The van der Waals surface area contributed by atoms with Gasteiger partial charge in [-0.15, -0.1) is 0 Å². The summed E-state index contributed by atoms with van der Waals surface area (Å²) in [4.78, 5) is 22.3. The number of halogens is 1. The zero-order valence-electron chi connectivity index (χ0n) is 15.3. The van der Waals surface area contributed by atoms with Crippen molar-refractivity contribution in [1.29, 1.82) is 0 Å². The van der Waals surface area contributed by atoms with Gasteiger partial charge in [-0.3, -0.25) is 0 Å². The molecule has 1 amide bonds. The Morgan fingerprint density at radius 3 is 2.70 bits per heavy atom. The Balaban J connectivity index is 1.49. The van der Waals surface area contributed by atoms with Crippen LogP contribution < -0.4 is 10.6 Å². The average molecular weight is 390 g/mol. The molecular weight excluding hydrogens is 366 g/mol. The molecule has 1 aromatic heterocycles. The van der Waals surface area contributed by atoms with Crippen LogP contribution in [0.25, 0.3) is 0 Å². The molecule has 1 aromatic carbocycles. The van der Waals surface area contributed by atoms with Crippen molar-refractivity contribution in [2.45, 2.75) is 32.4 Å². The number of piperidine rings is 1. The number of hydrogen-bond acceptors (Lipinski definition) is 6. The molecule has 0 bridgehead atoms. The molecule has 0 aliphatic carbocycles. The second kappa shape index (κ2) is 9.41. The van der Waals surface area contributed by atoms with Crippen molar-refractivity contribution >= 4 is 29.5 Å². The lowest BCUT2D eigenvalue weighted by Crippen LogP contribution is -2.42. The van der Waals surface area contributed by atoms with Gasteiger partial charge in [-0.05, 0) is 43.5 Å². The van der Waals surface area contributed by atoms with Crippen LogP contribution in [0.1, 0.15) is 25.3 Å². The fraction of sp³-hybridized carbons (Fsp3) is 0.421. The Bertz CT molecular complexity index is 748. The maximum atomic E-state index is 11.8. The fourth-order valence-electron chi connectivity index (χ4n) is 2.93. The number of carbonyl (C=O) groups is 1. The molecule has 0 spiro atoms. The summed E-state index contributed by atoms with van der Waals surface area (Å²) in [6.07, 6.45) is 3.17. The highest BCUT2D eigenvalue weighted by molar-refractivity contribution is 6.30. The average Bonchev–Trinajstić information content (AvgIpc) is 2.69. The Kier molecular flexibility index (Phi) is 6.70.